The molecule has 13 nitrogen and oxygen atoms in total. The van der Waals surface area contributed by atoms with Crippen LogP contribution < -0.4 is 15.0 Å². The van der Waals surface area contributed by atoms with E-state index < -0.39 is 12.3 Å². The van der Waals surface area contributed by atoms with E-state index in [2.05, 4.69) is 58.5 Å². The molecule has 14 heteroatoms. The summed E-state index contributed by atoms with van der Waals surface area (Å²) in [6.07, 6.45) is 0.954. The predicted molar refractivity (Wildman–Crippen MR) is 167 cm³/mol. The number of aromatic amines is 1. The lowest BCUT2D eigenvalue weighted by atomic mass is 10.0. The first-order valence-corrected chi connectivity index (χ1v) is 15.3. The fourth-order valence-electron chi connectivity index (χ4n) is 5.93. The van der Waals surface area contributed by atoms with Crippen LogP contribution in [0.4, 0.5) is 21.7 Å². The van der Waals surface area contributed by atoms with Gasteiger partial charge in [-0.3, -0.25) is 14.8 Å². The van der Waals surface area contributed by atoms with Crippen molar-refractivity contribution in [1.82, 2.24) is 34.9 Å². The summed E-state index contributed by atoms with van der Waals surface area (Å²) in [6.45, 7) is 5.93. The van der Waals surface area contributed by atoms with E-state index in [9.17, 15) is 10.1 Å². The number of aromatic nitrogens is 5. The molecular formula is C32H33FN10O3. The van der Waals surface area contributed by atoms with Crippen LogP contribution in [0.3, 0.4) is 0 Å². The van der Waals surface area contributed by atoms with Crippen LogP contribution in [0.5, 0.6) is 5.75 Å². The molecule has 46 heavy (non-hydrogen) atoms. The fourth-order valence-corrected chi connectivity index (χ4v) is 5.93. The molecule has 3 aliphatic heterocycles. The third-order valence-electron chi connectivity index (χ3n) is 8.65. The Morgan fingerprint density at radius 1 is 1.07 bits per heavy atom. The highest BCUT2D eigenvalue weighted by molar-refractivity contribution is 5.92. The van der Waals surface area contributed by atoms with E-state index in [-0.39, 0.29) is 30.2 Å². The van der Waals surface area contributed by atoms with Crippen molar-refractivity contribution in [2.75, 3.05) is 62.7 Å². The number of nitrogens with zero attached hydrogens (tertiary/aromatic N) is 8. The fraction of sp³-hybridized carbons (Fsp3) is 0.375. The molecule has 7 rings (SSSR count). The number of piperazine rings is 1. The van der Waals surface area contributed by atoms with Crippen molar-refractivity contribution >= 4 is 23.2 Å². The molecule has 2 atom stereocenters. The zero-order chi connectivity index (χ0) is 31.5. The van der Waals surface area contributed by atoms with Crippen LogP contribution >= 0.6 is 0 Å². The minimum atomic E-state index is -1.42. The van der Waals surface area contributed by atoms with Gasteiger partial charge in [0, 0.05) is 62.3 Å². The number of carbonyl (C=O) groups is 1. The Morgan fingerprint density at radius 2 is 1.89 bits per heavy atom. The first-order chi connectivity index (χ1) is 22.5. The van der Waals surface area contributed by atoms with E-state index in [0.717, 1.165) is 45.1 Å². The van der Waals surface area contributed by atoms with Gasteiger partial charge >= 0.3 is 0 Å². The van der Waals surface area contributed by atoms with Crippen LogP contribution in [0.1, 0.15) is 22.5 Å². The van der Waals surface area contributed by atoms with Gasteiger partial charge in [0.15, 0.2) is 12.0 Å². The highest BCUT2D eigenvalue weighted by Crippen LogP contribution is 2.29. The molecule has 3 saturated heterocycles. The first kappa shape index (κ1) is 29.6. The molecule has 0 aliphatic carbocycles. The van der Waals surface area contributed by atoms with Crippen LogP contribution in [0.25, 0.3) is 11.4 Å². The topological polar surface area (TPSA) is 148 Å². The van der Waals surface area contributed by atoms with Gasteiger partial charge in [-0.2, -0.15) is 15.3 Å². The van der Waals surface area contributed by atoms with Gasteiger partial charge in [-0.15, -0.1) is 0 Å². The number of hydrogen-bond donors (Lipinski definition) is 2. The van der Waals surface area contributed by atoms with Crippen LogP contribution in [-0.4, -0.2) is 112 Å². The number of amides is 1. The molecule has 0 radical (unpaired) electrons. The number of piperidine rings is 1. The third-order valence-corrected chi connectivity index (χ3v) is 8.65. The monoisotopic (exact) mass is 624 g/mol. The number of halogens is 1. The highest BCUT2D eigenvalue weighted by Gasteiger charge is 2.34. The van der Waals surface area contributed by atoms with Crippen molar-refractivity contribution < 1.29 is 18.7 Å². The number of hydrogen-bond acceptors (Lipinski definition) is 11. The molecule has 1 amide bonds. The summed E-state index contributed by atoms with van der Waals surface area (Å²) in [5.41, 5.74) is 3.14. The Kier molecular flexibility index (Phi) is 8.41. The minimum Gasteiger partial charge on any atom is -0.486 e. The molecule has 0 spiro atoms. The number of nitrogens with one attached hydrogen (secondary N) is 2. The second kappa shape index (κ2) is 13.1. The van der Waals surface area contributed by atoms with E-state index in [0.29, 0.717) is 35.6 Å². The molecule has 2 N–H and O–H groups in total. The summed E-state index contributed by atoms with van der Waals surface area (Å²) in [6, 6.07) is 17.4. The maximum absolute atomic E-state index is 15.1. The second-order valence-electron chi connectivity index (χ2n) is 11.5. The normalized spacial score (nSPS) is 20.5. The molecule has 2 aromatic heterocycles. The average Bonchev–Trinajstić information content (AvgIpc) is 3.61. The molecule has 236 valence electrons. The maximum atomic E-state index is 15.1. The number of H-pyrrole nitrogens is 1. The molecular weight excluding hydrogens is 591 g/mol. The lowest BCUT2D eigenvalue weighted by Crippen LogP contribution is -2.56. The Bertz CT molecular complexity index is 1700. The molecule has 3 aliphatic rings. The lowest BCUT2D eigenvalue weighted by Gasteiger charge is -2.43. The van der Waals surface area contributed by atoms with Crippen molar-refractivity contribution in [3.8, 4) is 23.2 Å². The number of alkyl halides is 1. The lowest BCUT2D eigenvalue weighted by molar-refractivity contribution is -0.0660. The molecule has 4 aromatic rings. The quantitative estimate of drug-likeness (QED) is 0.298. The van der Waals surface area contributed by atoms with Gasteiger partial charge in [-0.1, -0.05) is 0 Å². The number of likely N-dealkylation sites (tertiary alicyclic amines) is 1. The van der Waals surface area contributed by atoms with Crippen molar-refractivity contribution in [2.45, 2.75) is 24.7 Å². The molecule has 0 saturated carbocycles. The van der Waals surface area contributed by atoms with E-state index in [1.165, 1.54) is 23.1 Å². The summed E-state index contributed by atoms with van der Waals surface area (Å²) in [4.78, 5) is 32.0. The molecule has 3 fully saturated rings. The van der Waals surface area contributed by atoms with E-state index >= 15 is 4.39 Å². The number of anilines is 3. The first-order valence-electron chi connectivity index (χ1n) is 15.3. The smallest absolute Gasteiger partial charge is 0.271 e. The van der Waals surface area contributed by atoms with Crippen molar-refractivity contribution in [3.63, 3.8) is 0 Å². The Hall–Kier alpha value is -5.13. The van der Waals surface area contributed by atoms with E-state index in [1.54, 1.807) is 24.3 Å². The average molecular weight is 625 g/mol. The molecule has 5 heterocycles. The van der Waals surface area contributed by atoms with Crippen LogP contribution in [0.15, 0.2) is 61.1 Å². The number of carbonyl (C=O) groups excluding carboxylic acids is 1. The van der Waals surface area contributed by atoms with Gasteiger partial charge in [0.2, 0.25) is 5.95 Å². The summed E-state index contributed by atoms with van der Waals surface area (Å²) in [5, 5.41) is 19.5. The van der Waals surface area contributed by atoms with Crippen molar-refractivity contribution in [1.29, 1.82) is 5.26 Å². The molecule has 0 unspecified atom stereocenters. The summed E-state index contributed by atoms with van der Waals surface area (Å²) >= 11 is 0. The van der Waals surface area contributed by atoms with Gasteiger partial charge in [-0.25, -0.2) is 14.4 Å². The van der Waals surface area contributed by atoms with Gasteiger partial charge in [0.1, 0.15) is 29.9 Å². The van der Waals surface area contributed by atoms with E-state index in [4.69, 9.17) is 9.47 Å². The molecule has 0 bridgehead atoms. The number of ether oxygens (including phenoxy) is 2. The maximum Gasteiger partial charge on any atom is 0.271 e. The summed E-state index contributed by atoms with van der Waals surface area (Å²) < 4.78 is 26.4. The van der Waals surface area contributed by atoms with Gasteiger partial charge < -0.3 is 24.6 Å². The third kappa shape index (κ3) is 6.33. The Labute approximate surface area is 265 Å². The van der Waals surface area contributed by atoms with Crippen LogP contribution in [0.2, 0.25) is 0 Å². The van der Waals surface area contributed by atoms with Crippen LogP contribution in [-0.2, 0) is 4.74 Å². The summed E-state index contributed by atoms with van der Waals surface area (Å²) in [5.74, 6) is 0.692. The van der Waals surface area contributed by atoms with Gasteiger partial charge in [0.25, 0.3) is 5.91 Å². The standard InChI is InChI=1S/C32H33FN10O3/c33-26-17-43(31(44)27-7-9-37-40-27)10-8-29(26)46-28-6-1-21(15-22(28)16-34)30-35-20-36-32(39-30)38-23-2-4-24(5-3-23)41-11-13-42(14-12-41)25-18-45-19-25/h1-7,9,15,20,25-26,29H,8,10-14,17-19H2,(H,37,40)(H,35,36,38,39)/t26-,29-/m0/s1. The van der Waals surface area contributed by atoms with Gasteiger partial charge in [-0.05, 0) is 48.5 Å². The van der Waals surface area contributed by atoms with Crippen molar-refractivity contribution in [3.05, 3.63) is 72.3 Å². The van der Waals surface area contributed by atoms with Crippen molar-refractivity contribution in [2.24, 2.45) is 0 Å². The predicted octanol–water partition coefficient (Wildman–Crippen LogP) is 3.03. The SMILES string of the molecule is N#Cc1cc(-c2ncnc(Nc3ccc(N4CCN(C5COC5)CC4)cc3)n2)ccc1O[C@H]1CCN(C(=O)c2ccn[nH]2)C[C@@H]1F. The number of nitriles is 1. The number of benzene rings is 2. The van der Waals surface area contributed by atoms with Gasteiger partial charge in [0.05, 0.1) is 31.4 Å². The molecule has 2 aromatic carbocycles. The highest BCUT2D eigenvalue weighted by atomic mass is 19.1. The largest absolute Gasteiger partial charge is 0.486 e. The zero-order valence-corrected chi connectivity index (χ0v) is 25.0. The number of rotatable bonds is 8. The minimum absolute atomic E-state index is 0.112. The summed E-state index contributed by atoms with van der Waals surface area (Å²) in [7, 11) is 0. The second-order valence-corrected chi connectivity index (χ2v) is 11.5. The zero-order valence-electron chi connectivity index (χ0n) is 25.0. The van der Waals surface area contributed by atoms with Crippen LogP contribution in [0, 0.1) is 11.3 Å². The Balaban J connectivity index is 0.968. The van der Waals surface area contributed by atoms with E-state index in [1.807, 2.05) is 12.1 Å². The Morgan fingerprint density at radius 3 is 2.59 bits per heavy atom.